The number of nitrogens with zero attached hydrogens (tertiary/aromatic N) is 2. The van der Waals surface area contributed by atoms with E-state index in [4.69, 9.17) is 27.6 Å². The van der Waals surface area contributed by atoms with Crippen LogP contribution in [0.2, 0.25) is 5.02 Å². The second kappa shape index (κ2) is 5.47. The van der Waals surface area contributed by atoms with Crippen LogP contribution in [0.15, 0.2) is 22.6 Å². The lowest BCUT2D eigenvalue weighted by Gasteiger charge is -1.96. The van der Waals surface area contributed by atoms with Crippen LogP contribution in [-0.2, 0) is 6.42 Å². The fourth-order valence-corrected chi connectivity index (χ4v) is 1.63. The van der Waals surface area contributed by atoms with E-state index in [0.717, 1.165) is 6.42 Å². The molecule has 0 aliphatic heterocycles. The smallest absolute Gasteiger partial charge is 0.247 e. The van der Waals surface area contributed by atoms with Crippen LogP contribution in [0, 0.1) is 5.82 Å². The molecule has 90 valence electrons. The molecule has 0 radical (unpaired) electrons. The monoisotopic (exact) mass is 274 g/mol. The van der Waals surface area contributed by atoms with Gasteiger partial charge in [-0.05, 0) is 24.6 Å². The summed E-state index contributed by atoms with van der Waals surface area (Å²) in [5, 5.41) is 7.77. The molecule has 0 unspecified atom stereocenters. The average Bonchev–Trinajstić information content (AvgIpc) is 2.79. The van der Waals surface area contributed by atoms with Gasteiger partial charge in [-0.2, -0.15) is 0 Å². The van der Waals surface area contributed by atoms with Crippen molar-refractivity contribution < 1.29 is 8.81 Å². The quantitative estimate of drug-likeness (QED) is 0.798. The molecule has 0 fully saturated rings. The summed E-state index contributed by atoms with van der Waals surface area (Å²) in [5.74, 6) is 0.912. The van der Waals surface area contributed by atoms with Crippen molar-refractivity contribution in [2.75, 3.05) is 5.88 Å². The van der Waals surface area contributed by atoms with Crippen LogP contribution in [0.1, 0.15) is 12.3 Å². The van der Waals surface area contributed by atoms with Gasteiger partial charge in [-0.25, -0.2) is 4.39 Å². The van der Waals surface area contributed by atoms with Crippen molar-refractivity contribution in [1.29, 1.82) is 0 Å². The van der Waals surface area contributed by atoms with Crippen molar-refractivity contribution in [2.45, 2.75) is 12.8 Å². The summed E-state index contributed by atoms with van der Waals surface area (Å²) in [7, 11) is 0. The van der Waals surface area contributed by atoms with Gasteiger partial charge in [-0.3, -0.25) is 0 Å². The first-order valence-corrected chi connectivity index (χ1v) is 5.95. The van der Waals surface area contributed by atoms with Crippen LogP contribution in [-0.4, -0.2) is 16.1 Å². The number of aryl methyl sites for hydroxylation is 1. The lowest BCUT2D eigenvalue weighted by Crippen LogP contribution is -1.85. The van der Waals surface area contributed by atoms with Crippen LogP contribution >= 0.6 is 23.2 Å². The average molecular weight is 275 g/mol. The fourth-order valence-electron chi connectivity index (χ4n) is 1.32. The van der Waals surface area contributed by atoms with E-state index in [9.17, 15) is 4.39 Å². The minimum absolute atomic E-state index is 0.0306. The summed E-state index contributed by atoms with van der Waals surface area (Å²) < 4.78 is 18.4. The molecule has 1 aromatic carbocycles. The van der Waals surface area contributed by atoms with Gasteiger partial charge in [0.15, 0.2) is 0 Å². The number of benzene rings is 1. The molecule has 0 saturated carbocycles. The van der Waals surface area contributed by atoms with Gasteiger partial charge in [0, 0.05) is 17.9 Å². The summed E-state index contributed by atoms with van der Waals surface area (Å²) in [6.07, 6.45) is 1.40. The van der Waals surface area contributed by atoms with Crippen molar-refractivity contribution in [2.24, 2.45) is 0 Å². The van der Waals surface area contributed by atoms with E-state index in [1.807, 2.05) is 0 Å². The van der Waals surface area contributed by atoms with Crippen molar-refractivity contribution in [1.82, 2.24) is 10.2 Å². The molecule has 1 heterocycles. The molecule has 2 rings (SSSR count). The Morgan fingerprint density at radius 3 is 2.82 bits per heavy atom. The zero-order chi connectivity index (χ0) is 12.3. The third-order valence-electron chi connectivity index (χ3n) is 2.16. The zero-order valence-corrected chi connectivity index (χ0v) is 10.3. The molecule has 6 heteroatoms. The first-order valence-electron chi connectivity index (χ1n) is 5.04. The molecular formula is C11H9Cl2FN2O. The molecule has 0 amide bonds. The Morgan fingerprint density at radius 1 is 1.29 bits per heavy atom. The van der Waals surface area contributed by atoms with E-state index >= 15 is 0 Å². The zero-order valence-electron chi connectivity index (χ0n) is 8.79. The van der Waals surface area contributed by atoms with Gasteiger partial charge in [-0.15, -0.1) is 21.8 Å². The number of aromatic nitrogens is 2. The summed E-state index contributed by atoms with van der Waals surface area (Å²) in [4.78, 5) is 0. The number of rotatable bonds is 4. The highest BCUT2D eigenvalue weighted by Crippen LogP contribution is 2.24. The number of hydrogen-bond donors (Lipinski definition) is 0. The van der Waals surface area contributed by atoms with Crippen LogP contribution in [0.3, 0.4) is 0 Å². The Labute approximate surface area is 108 Å². The second-order valence-corrected chi connectivity index (χ2v) is 4.21. The highest BCUT2D eigenvalue weighted by atomic mass is 35.5. The first kappa shape index (κ1) is 12.3. The maximum absolute atomic E-state index is 13.0. The van der Waals surface area contributed by atoms with Crippen LogP contribution in [0.4, 0.5) is 4.39 Å². The number of alkyl halides is 1. The van der Waals surface area contributed by atoms with E-state index < -0.39 is 5.82 Å². The lowest BCUT2D eigenvalue weighted by molar-refractivity contribution is 0.502. The summed E-state index contributed by atoms with van der Waals surface area (Å²) >= 11 is 11.2. The Morgan fingerprint density at radius 2 is 2.12 bits per heavy atom. The van der Waals surface area contributed by atoms with E-state index in [1.165, 1.54) is 12.1 Å². The van der Waals surface area contributed by atoms with Gasteiger partial charge in [0.05, 0.1) is 5.02 Å². The topological polar surface area (TPSA) is 38.9 Å². The largest absolute Gasteiger partial charge is 0.421 e. The van der Waals surface area contributed by atoms with Gasteiger partial charge in [0.1, 0.15) is 5.82 Å². The molecule has 0 atom stereocenters. The third-order valence-corrected chi connectivity index (χ3v) is 2.71. The molecule has 0 saturated heterocycles. The first-order chi connectivity index (χ1) is 8.20. The predicted octanol–water partition coefficient (Wildman–Crippen LogP) is 3.70. The van der Waals surface area contributed by atoms with Crippen molar-refractivity contribution in [3.05, 3.63) is 34.9 Å². The second-order valence-electron chi connectivity index (χ2n) is 3.42. The molecule has 0 aliphatic carbocycles. The normalized spacial score (nSPS) is 10.8. The summed E-state index contributed by atoms with van der Waals surface area (Å²) in [6, 6.07) is 4.26. The fraction of sp³-hybridized carbons (Fsp3) is 0.273. The van der Waals surface area contributed by atoms with Crippen LogP contribution in [0.5, 0.6) is 0 Å². The van der Waals surface area contributed by atoms with Crippen molar-refractivity contribution in [3.8, 4) is 11.5 Å². The van der Waals surface area contributed by atoms with Gasteiger partial charge >= 0.3 is 0 Å². The summed E-state index contributed by atoms with van der Waals surface area (Å²) in [5.41, 5.74) is 0.598. The summed E-state index contributed by atoms with van der Waals surface area (Å²) in [6.45, 7) is 0. The molecule has 0 N–H and O–H groups in total. The predicted molar refractivity (Wildman–Crippen MR) is 63.7 cm³/mol. The van der Waals surface area contributed by atoms with E-state index in [2.05, 4.69) is 10.2 Å². The lowest BCUT2D eigenvalue weighted by atomic mass is 10.2. The van der Waals surface area contributed by atoms with E-state index in [-0.39, 0.29) is 5.02 Å². The van der Waals surface area contributed by atoms with Crippen LogP contribution in [0.25, 0.3) is 11.5 Å². The highest BCUT2D eigenvalue weighted by molar-refractivity contribution is 6.31. The molecule has 3 nitrogen and oxygen atoms in total. The maximum atomic E-state index is 13.0. The van der Waals surface area contributed by atoms with Gasteiger partial charge in [-0.1, -0.05) is 11.6 Å². The molecule has 2 aromatic rings. The molecule has 0 spiro atoms. The standard InChI is InChI=1S/C11H9Cl2FN2O/c12-5-1-2-10-15-16-11(17-10)7-3-4-9(14)8(13)6-7/h3-4,6H,1-2,5H2. The highest BCUT2D eigenvalue weighted by Gasteiger charge is 2.10. The third kappa shape index (κ3) is 2.96. The Hall–Kier alpha value is -1.13. The SMILES string of the molecule is Fc1ccc(-c2nnc(CCCCl)o2)cc1Cl. The molecule has 1 aromatic heterocycles. The number of hydrogen-bond acceptors (Lipinski definition) is 3. The molecule has 0 aliphatic rings. The Bertz CT molecular complexity index is 516. The van der Waals surface area contributed by atoms with Gasteiger partial charge in [0.2, 0.25) is 11.8 Å². The van der Waals surface area contributed by atoms with E-state index in [1.54, 1.807) is 6.07 Å². The van der Waals surface area contributed by atoms with Crippen LogP contribution < -0.4 is 0 Å². The maximum Gasteiger partial charge on any atom is 0.247 e. The van der Waals surface area contributed by atoms with E-state index in [0.29, 0.717) is 29.6 Å². The molecule has 0 bridgehead atoms. The molecular weight excluding hydrogens is 266 g/mol. The Balaban J connectivity index is 2.21. The Kier molecular flexibility index (Phi) is 3.97. The number of halogens is 3. The van der Waals surface area contributed by atoms with Gasteiger partial charge < -0.3 is 4.42 Å². The van der Waals surface area contributed by atoms with Gasteiger partial charge in [0.25, 0.3) is 0 Å². The van der Waals surface area contributed by atoms with Crippen molar-refractivity contribution >= 4 is 23.2 Å². The minimum Gasteiger partial charge on any atom is -0.421 e. The minimum atomic E-state index is -0.475. The van der Waals surface area contributed by atoms with Crippen molar-refractivity contribution in [3.63, 3.8) is 0 Å². The molecule has 17 heavy (non-hydrogen) atoms.